The molecule has 64 valence electrons. The third-order valence-electron chi connectivity index (χ3n) is 1.59. The van der Waals surface area contributed by atoms with E-state index in [4.69, 9.17) is 0 Å². The van der Waals surface area contributed by atoms with E-state index in [0.29, 0.717) is 17.7 Å². The summed E-state index contributed by atoms with van der Waals surface area (Å²) in [6.45, 7) is 3.38. The molecule has 0 fully saturated rings. The number of nitrogens with zero attached hydrogens (tertiary/aromatic N) is 1. The minimum absolute atomic E-state index is 0.179. The fourth-order valence-corrected chi connectivity index (χ4v) is 0.769. The fraction of sp³-hybridized carbons (Fsp3) is 0.286. The van der Waals surface area contributed by atoms with Crippen molar-refractivity contribution in [3.8, 4) is 0 Å². The monoisotopic (exact) mass is 167 g/mol. The lowest BCUT2D eigenvalue weighted by molar-refractivity contribution is -0.105. The molecule has 0 saturated carbocycles. The quantitative estimate of drug-likeness (QED) is 0.606. The average Bonchev–Trinajstić information content (AvgIpc) is 2.01. The molecule has 5 heteroatoms. The summed E-state index contributed by atoms with van der Waals surface area (Å²) in [6, 6.07) is 0. The standard InChI is InChI=1S/C7H9N3O2/c1-4-5(2)9-7(8-3-11)10-6(4)12/h3H,1-2H3,(H2,8,9,10,11,12). The molecular weight excluding hydrogens is 158 g/mol. The van der Waals surface area contributed by atoms with Gasteiger partial charge in [0.2, 0.25) is 12.4 Å². The molecule has 12 heavy (non-hydrogen) atoms. The molecule has 0 radical (unpaired) electrons. The van der Waals surface area contributed by atoms with Gasteiger partial charge >= 0.3 is 0 Å². The van der Waals surface area contributed by atoms with Crippen LogP contribution in [0.25, 0.3) is 0 Å². The molecule has 0 bridgehead atoms. The molecule has 0 atom stereocenters. The summed E-state index contributed by atoms with van der Waals surface area (Å²) in [4.78, 5) is 27.4. The highest BCUT2D eigenvalue weighted by Crippen LogP contribution is 1.98. The van der Waals surface area contributed by atoms with E-state index in [0.717, 1.165) is 0 Å². The molecule has 1 heterocycles. The van der Waals surface area contributed by atoms with E-state index in [9.17, 15) is 9.59 Å². The number of aromatic nitrogens is 2. The highest BCUT2D eigenvalue weighted by Gasteiger charge is 2.01. The molecule has 0 unspecified atom stereocenters. The predicted molar refractivity (Wildman–Crippen MR) is 44.0 cm³/mol. The van der Waals surface area contributed by atoms with Crippen LogP contribution in [0.1, 0.15) is 11.3 Å². The van der Waals surface area contributed by atoms with Crippen molar-refractivity contribution in [3.05, 3.63) is 21.6 Å². The van der Waals surface area contributed by atoms with Gasteiger partial charge in [0.25, 0.3) is 5.56 Å². The predicted octanol–water partition coefficient (Wildman–Crippen LogP) is -0.0450. The van der Waals surface area contributed by atoms with Crippen molar-refractivity contribution < 1.29 is 4.79 Å². The van der Waals surface area contributed by atoms with Crippen molar-refractivity contribution in [2.75, 3.05) is 5.32 Å². The van der Waals surface area contributed by atoms with Gasteiger partial charge in [-0.1, -0.05) is 0 Å². The van der Waals surface area contributed by atoms with Crippen LogP contribution in [-0.2, 0) is 4.79 Å². The number of aryl methyl sites for hydroxylation is 1. The first kappa shape index (κ1) is 8.45. The minimum atomic E-state index is -0.230. The first-order valence-corrected chi connectivity index (χ1v) is 3.43. The summed E-state index contributed by atoms with van der Waals surface area (Å²) < 4.78 is 0. The normalized spacial score (nSPS) is 9.50. The summed E-state index contributed by atoms with van der Waals surface area (Å²) in [7, 11) is 0. The molecule has 1 amide bonds. The second-order valence-electron chi connectivity index (χ2n) is 2.39. The van der Waals surface area contributed by atoms with Gasteiger partial charge in [0.1, 0.15) is 0 Å². The Balaban J connectivity index is 3.21. The van der Waals surface area contributed by atoms with Crippen molar-refractivity contribution in [2.24, 2.45) is 0 Å². The number of carbonyl (C=O) groups is 1. The molecule has 2 N–H and O–H groups in total. The van der Waals surface area contributed by atoms with Crippen LogP contribution < -0.4 is 10.9 Å². The lowest BCUT2D eigenvalue weighted by Crippen LogP contribution is -2.16. The van der Waals surface area contributed by atoms with Gasteiger partial charge < -0.3 is 0 Å². The number of H-pyrrole nitrogens is 1. The number of hydrogen-bond acceptors (Lipinski definition) is 3. The lowest BCUT2D eigenvalue weighted by Gasteiger charge is -2.00. The van der Waals surface area contributed by atoms with Gasteiger partial charge in [-0.05, 0) is 13.8 Å². The van der Waals surface area contributed by atoms with Crippen molar-refractivity contribution in [3.63, 3.8) is 0 Å². The first-order chi connectivity index (χ1) is 5.65. The van der Waals surface area contributed by atoms with Gasteiger partial charge in [0, 0.05) is 11.3 Å². The summed E-state index contributed by atoms with van der Waals surface area (Å²) in [6.07, 6.45) is 0.465. The van der Waals surface area contributed by atoms with Gasteiger partial charge in [0.15, 0.2) is 0 Å². The number of nitrogens with one attached hydrogen (secondary N) is 2. The third-order valence-corrected chi connectivity index (χ3v) is 1.59. The van der Waals surface area contributed by atoms with E-state index in [-0.39, 0.29) is 11.5 Å². The Hall–Kier alpha value is -1.65. The van der Waals surface area contributed by atoms with E-state index in [1.54, 1.807) is 13.8 Å². The molecule has 0 saturated heterocycles. The maximum Gasteiger partial charge on any atom is 0.255 e. The molecule has 1 aromatic rings. The summed E-state index contributed by atoms with van der Waals surface area (Å²) in [5, 5.41) is 2.27. The van der Waals surface area contributed by atoms with E-state index >= 15 is 0 Å². The molecule has 5 nitrogen and oxygen atoms in total. The molecule has 1 rings (SSSR count). The van der Waals surface area contributed by atoms with Gasteiger partial charge in [0.05, 0.1) is 0 Å². The molecular formula is C7H9N3O2. The minimum Gasteiger partial charge on any atom is -0.299 e. The lowest BCUT2D eigenvalue weighted by atomic mass is 10.3. The SMILES string of the molecule is Cc1nc(NC=O)[nH]c(=O)c1C. The maximum absolute atomic E-state index is 11.1. The average molecular weight is 167 g/mol. The van der Waals surface area contributed by atoms with Gasteiger partial charge in [-0.3, -0.25) is 19.9 Å². The van der Waals surface area contributed by atoms with E-state index < -0.39 is 0 Å². The molecule has 0 aliphatic carbocycles. The molecule has 0 spiro atoms. The fourth-order valence-electron chi connectivity index (χ4n) is 0.769. The topological polar surface area (TPSA) is 74.8 Å². The largest absolute Gasteiger partial charge is 0.299 e. The molecule has 0 aliphatic rings. The summed E-state index contributed by atoms with van der Waals surface area (Å²) in [5.74, 6) is 0.179. The van der Waals surface area contributed by atoms with Crippen molar-refractivity contribution in [2.45, 2.75) is 13.8 Å². The number of rotatable bonds is 2. The van der Waals surface area contributed by atoms with Crippen LogP contribution in [0.2, 0.25) is 0 Å². The highest BCUT2D eigenvalue weighted by atomic mass is 16.1. The maximum atomic E-state index is 11.1. The Morgan fingerprint density at radius 1 is 1.50 bits per heavy atom. The van der Waals surface area contributed by atoms with Crippen LogP contribution in [0.4, 0.5) is 5.95 Å². The Kier molecular flexibility index (Phi) is 2.23. The van der Waals surface area contributed by atoms with Crippen LogP contribution >= 0.6 is 0 Å². The number of aromatic amines is 1. The van der Waals surface area contributed by atoms with Crippen LogP contribution in [0, 0.1) is 13.8 Å². The van der Waals surface area contributed by atoms with Gasteiger partial charge in [-0.25, -0.2) is 4.98 Å². The van der Waals surface area contributed by atoms with Crippen LogP contribution in [0.15, 0.2) is 4.79 Å². The number of hydrogen-bond donors (Lipinski definition) is 2. The van der Waals surface area contributed by atoms with Crippen LogP contribution in [-0.4, -0.2) is 16.4 Å². The molecule has 0 aliphatic heterocycles. The van der Waals surface area contributed by atoms with E-state index in [1.807, 2.05) is 0 Å². The zero-order valence-electron chi connectivity index (χ0n) is 6.84. The highest BCUT2D eigenvalue weighted by molar-refractivity contribution is 5.66. The zero-order valence-corrected chi connectivity index (χ0v) is 6.84. The Morgan fingerprint density at radius 2 is 2.17 bits per heavy atom. The van der Waals surface area contributed by atoms with Crippen molar-refractivity contribution in [1.29, 1.82) is 0 Å². The van der Waals surface area contributed by atoms with Crippen LogP contribution in [0.3, 0.4) is 0 Å². The van der Waals surface area contributed by atoms with Crippen molar-refractivity contribution >= 4 is 12.4 Å². The second kappa shape index (κ2) is 3.17. The number of carbonyl (C=O) groups excluding carboxylic acids is 1. The Morgan fingerprint density at radius 3 is 2.67 bits per heavy atom. The Bertz CT molecular complexity index is 356. The molecule has 1 aromatic heterocycles. The summed E-state index contributed by atoms with van der Waals surface area (Å²) >= 11 is 0. The van der Waals surface area contributed by atoms with Crippen LogP contribution in [0.5, 0.6) is 0 Å². The van der Waals surface area contributed by atoms with Gasteiger partial charge in [-0.2, -0.15) is 0 Å². The zero-order chi connectivity index (χ0) is 9.14. The first-order valence-electron chi connectivity index (χ1n) is 3.43. The number of amides is 1. The van der Waals surface area contributed by atoms with Crippen molar-refractivity contribution in [1.82, 2.24) is 9.97 Å². The molecule has 0 aromatic carbocycles. The smallest absolute Gasteiger partial charge is 0.255 e. The van der Waals surface area contributed by atoms with Gasteiger partial charge in [-0.15, -0.1) is 0 Å². The summed E-state index contributed by atoms with van der Waals surface area (Å²) in [5.41, 5.74) is 0.946. The number of anilines is 1. The second-order valence-corrected chi connectivity index (χ2v) is 2.39. The Labute approximate surface area is 68.8 Å². The third kappa shape index (κ3) is 1.50. The van der Waals surface area contributed by atoms with E-state index in [1.165, 1.54) is 0 Å². The van der Waals surface area contributed by atoms with E-state index in [2.05, 4.69) is 15.3 Å².